The molecular weight excluding hydrogens is 282 g/mol. The van der Waals surface area contributed by atoms with Crippen LogP contribution in [0.5, 0.6) is 0 Å². The molecule has 1 aromatic heterocycles. The van der Waals surface area contributed by atoms with Crippen LogP contribution in [0.3, 0.4) is 0 Å². The second-order valence-corrected chi connectivity index (χ2v) is 6.29. The van der Waals surface area contributed by atoms with Crippen LogP contribution in [-0.4, -0.2) is 22.8 Å². The van der Waals surface area contributed by atoms with Crippen LogP contribution in [0.15, 0.2) is 23.6 Å². The Hall–Kier alpha value is -1.72. The third kappa shape index (κ3) is 4.65. The fraction of sp³-hybridized carbons (Fsp3) is 0.375. The molecule has 1 N–H and O–H groups in total. The Morgan fingerprint density at radius 3 is 2.76 bits per heavy atom. The van der Waals surface area contributed by atoms with Gasteiger partial charge in [-0.2, -0.15) is 0 Å². The van der Waals surface area contributed by atoms with Gasteiger partial charge in [-0.25, -0.2) is 4.98 Å². The van der Waals surface area contributed by atoms with E-state index in [0.717, 1.165) is 18.8 Å². The average Bonchev–Trinajstić information content (AvgIpc) is 2.79. The molecule has 1 amide bonds. The van der Waals surface area contributed by atoms with Gasteiger partial charge in [0.05, 0.1) is 5.69 Å². The fourth-order valence-electron chi connectivity index (χ4n) is 2.23. The molecule has 21 heavy (non-hydrogen) atoms. The minimum Gasteiger partial charge on any atom is -0.302 e. The molecule has 0 spiro atoms. The number of hydrogen-bond donors (Lipinski definition) is 1. The standard InChI is InChI=1S/C16H21N3OS/c1-11-5-6-14(12(2)7-11)8-19(4)9-15-10-21-16(18-15)17-13(3)20/h5-7,10H,8-9H2,1-4H3,(H,17,18,20). The van der Waals surface area contributed by atoms with Gasteiger partial charge in [-0.05, 0) is 32.0 Å². The molecule has 112 valence electrons. The second kappa shape index (κ2) is 6.83. The summed E-state index contributed by atoms with van der Waals surface area (Å²) in [5.41, 5.74) is 4.92. The van der Waals surface area contributed by atoms with E-state index in [0.29, 0.717) is 5.13 Å². The zero-order valence-corrected chi connectivity index (χ0v) is 13.8. The van der Waals surface area contributed by atoms with Crippen molar-refractivity contribution in [2.24, 2.45) is 0 Å². The zero-order chi connectivity index (χ0) is 15.4. The van der Waals surface area contributed by atoms with E-state index in [2.05, 4.69) is 54.3 Å². The molecule has 4 nitrogen and oxygen atoms in total. The Labute approximate surface area is 129 Å². The van der Waals surface area contributed by atoms with Crippen molar-refractivity contribution in [2.75, 3.05) is 12.4 Å². The second-order valence-electron chi connectivity index (χ2n) is 5.43. The number of carbonyl (C=O) groups is 1. The van der Waals surface area contributed by atoms with Gasteiger partial charge in [0, 0.05) is 25.4 Å². The molecule has 1 aromatic carbocycles. The van der Waals surface area contributed by atoms with Gasteiger partial charge in [-0.3, -0.25) is 9.69 Å². The third-order valence-corrected chi connectivity index (χ3v) is 4.01. The molecule has 2 rings (SSSR count). The molecule has 0 radical (unpaired) electrons. The number of aromatic nitrogens is 1. The number of amides is 1. The number of anilines is 1. The number of carbonyl (C=O) groups excluding carboxylic acids is 1. The summed E-state index contributed by atoms with van der Waals surface area (Å²) in [7, 11) is 2.08. The van der Waals surface area contributed by atoms with Crippen molar-refractivity contribution in [3.05, 3.63) is 46.0 Å². The van der Waals surface area contributed by atoms with Gasteiger partial charge >= 0.3 is 0 Å². The molecule has 0 atom stereocenters. The predicted octanol–water partition coefficient (Wildman–Crippen LogP) is 3.35. The van der Waals surface area contributed by atoms with Crippen LogP contribution in [0.1, 0.15) is 29.3 Å². The summed E-state index contributed by atoms with van der Waals surface area (Å²) in [4.78, 5) is 17.6. The van der Waals surface area contributed by atoms with Gasteiger partial charge in [0.1, 0.15) is 0 Å². The monoisotopic (exact) mass is 303 g/mol. The van der Waals surface area contributed by atoms with E-state index >= 15 is 0 Å². The average molecular weight is 303 g/mol. The summed E-state index contributed by atoms with van der Waals surface area (Å²) in [6, 6.07) is 6.54. The van der Waals surface area contributed by atoms with Gasteiger partial charge in [-0.15, -0.1) is 11.3 Å². The number of nitrogens with one attached hydrogen (secondary N) is 1. The van der Waals surface area contributed by atoms with Gasteiger partial charge < -0.3 is 5.32 Å². The first-order chi connectivity index (χ1) is 9.94. The van der Waals surface area contributed by atoms with Gasteiger partial charge in [0.15, 0.2) is 5.13 Å². The van der Waals surface area contributed by atoms with Crippen molar-refractivity contribution in [1.82, 2.24) is 9.88 Å². The topological polar surface area (TPSA) is 45.2 Å². The molecular formula is C16H21N3OS. The van der Waals surface area contributed by atoms with E-state index in [4.69, 9.17) is 0 Å². The maximum Gasteiger partial charge on any atom is 0.223 e. The van der Waals surface area contributed by atoms with Crippen molar-refractivity contribution in [2.45, 2.75) is 33.9 Å². The lowest BCUT2D eigenvalue weighted by Gasteiger charge is -2.17. The lowest BCUT2D eigenvalue weighted by molar-refractivity contribution is -0.114. The Morgan fingerprint density at radius 2 is 2.10 bits per heavy atom. The molecule has 0 saturated heterocycles. The van der Waals surface area contributed by atoms with Crippen molar-refractivity contribution >= 4 is 22.4 Å². The first-order valence-corrected chi connectivity index (χ1v) is 7.78. The highest BCUT2D eigenvalue weighted by atomic mass is 32.1. The Bertz CT molecular complexity index is 636. The number of aryl methyl sites for hydroxylation is 2. The molecule has 0 unspecified atom stereocenters. The molecule has 5 heteroatoms. The lowest BCUT2D eigenvalue weighted by Crippen LogP contribution is -2.18. The van der Waals surface area contributed by atoms with Crippen molar-refractivity contribution in [1.29, 1.82) is 0 Å². The van der Waals surface area contributed by atoms with Crippen molar-refractivity contribution in [3.8, 4) is 0 Å². The highest BCUT2D eigenvalue weighted by Crippen LogP contribution is 2.18. The Morgan fingerprint density at radius 1 is 1.33 bits per heavy atom. The summed E-state index contributed by atoms with van der Waals surface area (Å²) >= 11 is 1.46. The van der Waals surface area contributed by atoms with E-state index in [1.807, 2.05) is 5.38 Å². The maximum atomic E-state index is 11.0. The fourth-order valence-corrected chi connectivity index (χ4v) is 2.98. The molecule has 0 bridgehead atoms. The van der Waals surface area contributed by atoms with Gasteiger partial charge in [0.25, 0.3) is 0 Å². The van der Waals surface area contributed by atoms with E-state index in [-0.39, 0.29) is 5.91 Å². The smallest absolute Gasteiger partial charge is 0.223 e. The minimum atomic E-state index is -0.0838. The summed E-state index contributed by atoms with van der Waals surface area (Å²) in [5, 5.41) is 5.37. The van der Waals surface area contributed by atoms with Gasteiger partial charge in [0.2, 0.25) is 5.91 Å². The summed E-state index contributed by atoms with van der Waals surface area (Å²) < 4.78 is 0. The summed E-state index contributed by atoms with van der Waals surface area (Å²) in [5.74, 6) is -0.0838. The quantitative estimate of drug-likeness (QED) is 0.921. The van der Waals surface area contributed by atoms with Crippen LogP contribution in [0.2, 0.25) is 0 Å². The molecule has 0 aliphatic rings. The largest absolute Gasteiger partial charge is 0.302 e. The van der Waals surface area contributed by atoms with Crippen LogP contribution in [0.4, 0.5) is 5.13 Å². The van der Waals surface area contributed by atoms with Crippen LogP contribution in [0, 0.1) is 13.8 Å². The summed E-state index contributed by atoms with van der Waals surface area (Å²) in [6.45, 7) is 7.41. The molecule has 0 saturated carbocycles. The van der Waals surface area contributed by atoms with E-state index in [9.17, 15) is 4.79 Å². The normalized spacial score (nSPS) is 10.9. The van der Waals surface area contributed by atoms with E-state index in [1.165, 1.54) is 35.0 Å². The molecule has 2 aromatic rings. The first kappa shape index (κ1) is 15.7. The first-order valence-electron chi connectivity index (χ1n) is 6.90. The number of rotatable bonds is 5. The van der Waals surface area contributed by atoms with E-state index in [1.54, 1.807) is 0 Å². The van der Waals surface area contributed by atoms with Crippen LogP contribution >= 0.6 is 11.3 Å². The number of benzene rings is 1. The molecule has 1 heterocycles. The van der Waals surface area contributed by atoms with Crippen molar-refractivity contribution in [3.63, 3.8) is 0 Å². The zero-order valence-electron chi connectivity index (χ0n) is 12.9. The van der Waals surface area contributed by atoms with E-state index < -0.39 is 0 Å². The van der Waals surface area contributed by atoms with Gasteiger partial charge in [-0.1, -0.05) is 23.8 Å². The Balaban J connectivity index is 1.96. The summed E-state index contributed by atoms with van der Waals surface area (Å²) in [6.07, 6.45) is 0. The Kier molecular flexibility index (Phi) is 5.09. The molecule has 0 aliphatic heterocycles. The highest BCUT2D eigenvalue weighted by molar-refractivity contribution is 7.13. The molecule has 0 aliphatic carbocycles. The maximum absolute atomic E-state index is 11.0. The number of hydrogen-bond acceptors (Lipinski definition) is 4. The third-order valence-electron chi connectivity index (χ3n) is 3.20. The van der Waals surface area contributed by atoms with Crippen molar-refractivity contribution < 1.29 is 4.79 Å². The number of thiazole rings is 1. The molecule has 0 fully saturated rings. The predicted molar refractivity (Wildman–Crippen MR) is 87.5 cm³/mol. The highest BCUT2D eigenvalue weighted by Gasteiger charge is 2.08. The lowest BCUT2D eigenvalue weighted by atomic mass is 10.1. The van der Waals surface area contributed by atoms with Crippen LogP contribution in [0.25, 0.3) is 0 Å². The van der Waals surface area contributed by atoms with Crippen LogP contribution in [-0.2, 0) is 17.9 Å². The minimum absolute atomic E-state index is 0.0838. The number of nitrogens with zero attached hydrogens (tertiary/aromatic N) is 2. The van der Waals surface area contributed by atoms with Crippen LogP contribution < -0.4 is 5.32 Å². The SMILES string of the molecule is CC(=O)Nc1nc(CN(C)Cc2ccc(C)cc2C)cs1.